The molecule has 40 heavy (non-hydrogen) atoms. The van der Waals surface area contributed by atoms with E-state index in [-0.39, 0.29) is 11.8 Å². The predicted octanol–water partition coefficient (Wildman–Crippen LogP) is 9.72. The third kappa shape index (κ3) is 5.32. The number of hydrogen-bond donors (Lipinski definition) is 0. The Morgan fingerprint density at radius 2 is 0.750 bits per heavy atom. The molecular formula is C39H32O. The summed E-state index contributed by atoms with van der Waals surface area (Å²) in [5.41, 5.74) is 10.1. The molecule has 0 aliphatic heterocycles. The maximum absolute atomic E-state index is 5.43. The molecule has 6 rings (SSSR count). The third-order valence-corrected chi connectivity index (χ3v) is 7.66. The van der Waals surface area contributed by atoms with Crippen LogP contribution in [-0.2, 0) is 0 Å². The van der Waals surface area contributed by atoms with Gasteiger partial charge in [-0.25, -0.2) is 0 Å². The van der Waals surface area contributed by atoms with Gasteiger partial charge in [0.15, 0.2) is 0 Å². The Bertz CT molecular complexity index is 1560. The minimum atomic E-state index is 0.0746. The summed E-state index contributed by atoms with van der Waals surface area (Å²) in [6.45, 7) is 0. The fraction of sp³-hybridized carbons (Fsp3) is 0.0769. The lowest BCUT2D eigenvalue weighted by Gasteiger charge is -2.28. The van der Waals surface area contributed by atoms with E-state index < -0.39 is 0 Å². The van der Waals surface area contributed by atoms with Crippen LogP contribution in [0.5, 0.6) is 5.75 Å². The van der Waals surface area contributed by atoms with Gasteiger partial charge in [0.2, 0.25) is 0 Å². The van der Waals surface area contributed by atoms with Gasteiger partial charge in [-0.3, -0.25) is 0 Å². The van der Waals surface area contributed by atoms with Crippen molar-refractivity contribution in [3.05, 3.63) is 197 Å². The highest BCUT2D eigenvalue weighted by Crippen LogP contribution is 2.42. The van der Waals surface area contributed by atoms with Gasteiger partial charge in [0.25, 0.3) is 0 Å². The summed E-state index contributed by atoms with van der Waals surface area (Å²) in [6.07, 6.45) is 0. The molecule has 0 saturated heterocycles. The van der Waals surface area contributed by atoms with Crippen molar-refractivity contribution in [3.8, 4) is 16.9 Å². The van der Waals surface area contributed by atoms with Crippen molar-refractivity contribution in [2.24, 2.45) is 0 Å². The highest BCUT2D eigenvalue weighted by molar-refractivity contribution is 5.68. The number of ether oxygens (including phenoxy) is 1. The Morgan fingerprint density at radius 1 is 0.375 bits per heavy atom. The molecule has 0 radical (unpaired) electrons. The first-order valence-electron chi connectivity index (χ1n) is 13.8. The molecule has 6 aromatic rings. The van der Waals surface area contributed by atoms with E-state index in [9.17, 15) is 0 Å². The van der Waals surface area contributed by atoms with E-state index in [4.69, 9.17) is 4.74 Å². The maximum atomic E-state index is 5.43. The summed E-state index contributed by atoms with van der Waals surface area (Å²) in [6, 6.07) is 58.9. The number of methoxy groups -OCH3 is 1. The zero-order valence-electron chi connectivity index (χ0n) is 22.7. The third-order valence-electron chi connectivity index (χ3n) is 7.66. The molecule has 0 aromatic heterocycles. The molecule has 0 amide bonds. The summed E-state index contributed by atoms with van der Waals surface area (Å²) in [4.78, 5) is 0. The van der Waals surface area contributed by atoms with Crippen molar-refractivity contribution in [3.63, 3.8) is 0 Å². The zero-order valence-corrected chi connectivity index (χ0v) is 22.7. The smallest absolute Gasteiger partial charge is 0.118 e. The molecule has 0 heterocycles. The lowest BCUT2D eigenvalue weighted by Crippen LogP contribution is -2.12. The molecule has 6 aromatic carbocycles. The van der Waals surface area contributed by atoms with Crippen LogP contribution in [0.25, 0.3) is 11.1 Å². The van der Waals surface area contributed by atoms with Crippen LogP contribution in [0.4, 0.5) is 0 Å². The second-order valence-corrected chi connectivity index (χ2v) is 10.1. The van der Waals surface area contributed by atoms with E-state index in [1.807, 2.05) is 12.1 Å². The standard InChI is InChI=1S/C39H32O/c1-40-35-25-22-29(23-26-35)34-24-27-36(38(30-14-6-2-7-15-30)31-16-8-3-9-17-31)37(28-34)39(32-18-10-4-11-19-32)33-20-12-5-13-21-33/h2-28,38-39H,1H3. The molecule has 1 heteroatoms. The monoisotopic (exact) mass is 516 g/mol. The molecule has 194 valence electrons. The minimum absolute atomic E-state index is 0.0746. The van der Waals surface area contributed by atoms with Crippen molar-refractivity contribution < 1.29 is 4.74 Å². The Labute approximate surface area is 237 Å². The normalized spacial score (nSPS) is 11.1. The lowest BCUT2D eigenvalue weighted by atomic mass is 9.75. The largest absolute Gasteiger partial charge is 0.497 e. The molecule has 0 N–H and O–H groups in total. The Balaban J connectivity index is 1.63. The number of benzene rings is 6. The van der Waals surface area contributed by atoms with E-state index in [0.717, 1.165) is 5.75 Å². The van der Waals surface area contributed by atoms with Crippen molar-refractivity contribution in [1.82, 2.24) is 0 Å². The first-order chi connectivity index (χ1) is 19.8. The van der Waals surface area contributed by atoms with Crippen molar-refractivity contribution >= 4 is 0 Å². The summed E-state index contributed by atoms with van der Waals surface area (Å²) < 4.78 is 5.43. The van der Waals surface area contributed by atoms with Crippen molar-refractivity contribution in [2.45, 2.75) is 11.8 Å². The lowest BCUT2D eigenvalue weighted by molar-refractivity contribution is 0.415. The van der Waals surface area contributed by atoms with Crippen LogP contribution in [-0.4, -0.2) is 7.11 Å². The van der Waals surface area contributed by atoms with Crippen LogP contribution in [0.2, 0.25) is 0 Å². The Morgan fingerprint density at radius 3 is 1.15 bits per heavy atom. The van der Waals surface area contributed by atoms with Crippen LogP contribution in [0.3, 0.4) is 0 Å². The first-order valence-corrected chi connectivity index (χ1v) is 13.8. The van der Waals surface area contributed by atoms with Crippen LogP contribution in [0, 0.1) is 0 Å². The number of rotatable bonds is 8. The van der Waals surface area contributed by atoms with Gasteiger partial charge >= 0.3 is 0 Å². The van der Waals surface area contributed by atoms with Crippen LogP contribution >= 0.6 is 0 Å². The molecule has 0 saturated carbocycles. The van der Waals surface area contributed by atoms with Gasteiger partial charge < -0.3 is 4.74 Å². The van der Waals surface area contributed by atoms with E-state index >= 15 is 0 Å². The van der Waals surface area contributed by atoms with Crippen molar-refractivity contribution in [2.75, 3.05) is 7.11 Å². The van der Waals surface area contributed by atoms with Gasteiger partial charge in [0, 0.05) is 11.8 Å². The molecule has 1 nitrogen and oxygen atoms in total. The molecule has 0 unspecified atom stereocenters. The highest BCUT2D eigenvalue weighted by Gasteiger charge is 2.26. The molecule has 0 aliphatic carbocycles. The Hall–Kier alpha value is -4.88. The fourth-order valence-electron chi connectivity index (χ4n) is 5.74. The van der Waals surface area contributed by atoms with E-state index in [1.54, 1.807) is 7.11 Å². The topological polar surface area (TPSA) is 9.23 Å². The van der Waals surface area contributed by atoms with E-state index in [2.05, 4.69) is 152 Å². The summed E-state index contributed by atoms with van der Waals surface area (Å²) in [5.74, 6) is 1.03. The van der Waals surface area contributed by atoms with Gasteiger partial charge in [0.1, 0.15) is 5.75 Å². The SMILES string of the molecule is COc1ccc(-c2ccc(C(c3ccccc3)c3ccccc3)c(C(c3ccccc3)c3ccccc3)c2)cc1. The summed E-state index contributed by atoms with van der Waals surface area (Å²) in [5, 5.41) is 0. The second-order valence-electron chi connectivity index (χ2n) is 10.1. The van der Waals surface area contributed by atoms with Crippen molar-refractivity contribution in [1.29, 1.82) is 0 Å². The quantitative estimate of drug-likeness (QED) is 0.183. The highest BCUT2D eigenvalue weighted by atomic mass is 16.5. The predicted molar refractivity (Wildman–Crippen MR) is 166 cm³/mol. The molecular weight excluding hydrogens is 484 g/mol. The van der Waals surface area contributed by atoms with Gasteiger partial charge in [-0.05, 0) is 62.7 Å². The van der Waals surface area contributed by atoms with E-state index in [0.29, 0.717) is 0 Å². The summed E-state index contributed by atoms with van der Waals surface area (Å²) >= 11 is 0. The number of hydrogen-bond acceptors (Lipinski definition) is 1. The van der Waals surface area contributed by atoms with Gasteiger partial charge in [-0.1, -0.05) is 146 Å². The summed E-state index contributed by atoms with van der Waals surface area (Å²) in [7, 11) is 1.71. The van der Waals surface area contributed by atoms with Gasteiger partial charge in [-0.2, -0.15) is 0 Å². The fourth-order valence-corrected chi connectivity index (χ4v) is 5.74. The van der Waals surface area contributed by atoms with Crippen LogP contribution < -0.4 is 4.74 Å². The van der Waals surface area contributed by atoms with Crippen LogP contribution in [0.15, 0.2) is 164 Å². The van der Waals surface area contributed by atoms with Crippen LogP contribution in [0.1, 0.15) is 45.2 Å². The average molecular weight is 517 g/mol. The van der Waals surface area contributed by atoms with E-state index in [1.165, 1.54) is 44.5 Å². The molecule has 0 bridgehead atoms. The molecule has 0 fully saturated rings. The molecule has 0 atom stereocenters. The van der Waals surface area contributed by atoms with Gasteiger partial charge in [-0.15, -0.1) is 0 Å². The maximum Gasteiger partial charge on any atom is 0.118 e. The Kier molecular flexibility index (Phi) is 7.55. The van der Waals surface area contributed by atoms with Gasteiger partial charge in [0.05, 0.1) is 7.11 Å². The molecule has 0 aliphatic rings. The minimum Gasteiger partial charge on any atom is -0.497 e. The first kappa shape index (κ1) is 25.4. The average Bonchev–Trinajstić information content (AvgIpc) is 3.04. The molecule has 0 spiro atoms. The second kappa shape index (κ2) is 11.9. The zero-order chi connectivity index (χ0) is 27.1.